The van der Waals surface area contributed by atoms with Crippen molar-refractivity contribution in [2.75, 3.05) is 13.2 Å². The Morgan fingerprint density at radius 2 is 1.94 bits per heavy atom. The normalized spacial score (nSPS) is 32.2. The van der Waals surface area contributed by atoms with E-state index in [1.807, 2.05) is 0 Å². The van der Waals surface area contributed by atoms with Gasteiger partial charge in [-0.15, -0.1) is 0 Å². The molecule has 2 saturated carbocycles. The van der Waals surface area contributed by atoms with Gasteiger partial charge in [-0.3, -0.25) is 0 Å². The molecule has 0 radical (unpaired) electrons. The van der Waals surface area contributed by atoms with Crippen LogP contribution in [0.1, 0.15) is 46.0 Å². The van der Waals surface area contributed by atoms with Crippen molar-refractivity contribution in [2.45, 2.75) is 63.0 Å². The Bertz CT molecular complexity index is 224. The van der Waals surface area contributed by atoms with E-state index in [1.165, 1.54) is 32.1 Å². The van der Waals surface area contributed by atoms with Crippen LogP contribution in [0.3, 0.4) is 0 Å². The van der Waals surface area contributed by atoms with E-state index in [-0.39, 0.29) is 0 Å². The van der Waals surface area contributed by atoms with Crippen LogP contribution in [-0.2, 0) is 9.47 Å². The van der Waals surface area contributed by atoms with Crippen LogP contribution in [0.25, 0.3) is 0 Å². The highest BCUT2D eigenvalue weighted by molar-refractivity contribution is 9.09. The molecule has 0 aliphatic heterocycles. The van der Waals surface area contributed by atoms with E-state index in [2.05, 4.69) is 29.8 Å². The first-order valence-corrected chi connectivity index (χ1v) is 7.44. The number of hydrogen-bond acceptors (Lipinski definition) is 2. The Hall–Kier alpha value is 0.400. The van der Waals surface area contributed by atoms with Crippen molar-refractivity contribution in [3.63, 3.8) is 0 Å². The van der Waals surface area contributed by atoms with Gasteiger partial charge in [-0.25, -0.2) is 0 Å². The summed E-state index contributed by atoms with van der Waals surface area (Å²) in [6, 6.07) is 0. The fourth-order valence-electron chi connectivity index (χ4n) is 3.08. The molecule has 0 N–H and O–H groups in total. The molecule has 2 atom stereocenters. The summed E-state index contributed by atoms with van der Waals surface area (Å²) >= 11 is 3.81. The summed E-state index contributed by atoms with van der Waals surface area (Å²) in [5.74, 6) is 0. The maximum Gasteiger partial charge on any atom is 0.0704 e. The highest BCUT2D eigenvalue weighted by Crippen LogP contribution is 2.57. The average molecular weight is 291 g/mol. The molecule has 16 heavy (non-hydrogen) atoms. The number of hydrogen-bond donors (Lipinski definition) is 0. The van der Waals surface area contributed by atoms with E-state index in [0.29, 0.717) is 22.5 Å². The molecule has 0 aromatic carbocycles. The first-order chi connectivity index (χ1) is 7.65. The molecule has 2 rings (SSSR count). The van der Waals surface area contributed by atoms with Gasteiger partial charge in [0.1, 0.15) is 0 Å². The minimum atomic E-state index is 0.314. The Kier molecular flexibility index (Phi) is 4.31. The van der Waals surface area contributed by atoms with E-state index < -0.39 is 0 Å². The molecule has 2 nitrogen and oxygen atoms in total. The van der Waals surface area contributed by atoms with Crippen LogP contribution in [0, 0.1) is 5.41 Å². The predicted molar refractivity (Wildman–Crippen MR) is 69.1 cm³/mol. The van der Waals surface area contributed by atoms with Crippen molar-refractivity contribution in [1.29, 1.82) is 0 Å². The molecule has 2 aliphatic carbocycles. The Morgan fingerprint density at radius 3 is 2.50 bits per heavy atom. The number of ether oxygens (including phenoxy) is 2. The first kappa shape index (κ1) is 12.8. The van der Waals surface area contributed by atoms with Crippen LogP contribution < -0.4 is 0 Å². The summed E-state index contributed by atoms with van der Waals surface area (Å²) in [7, 11) is 0. The SMILES string of the molecule is CC(C)OCCOC1CC(Br)C12CCCC2. The number of rotatable bonds is 5. The second-order valence-corrected chi connectivity index (χ2v) is 6.53. The van der Waals surface area contributed by atoms with Gasteiger partial charge in [0.2, 0.25) is 0 Å². The molecule has 2 aliphatic rings. The van der Waals surface area contributed by atoms with Gasteiger partial charge in [-0.1, -0.05) is 28.8 Å². The van der Waals surface area contributed by atoms with Crippen molar-refractivity contribution >= 4 is 15.9 Å². The lowest BCUT2D eigenvalue weighted by atomic mass is 9.65. The predicted octanol–water partition coefficient (Wildman–Crippen LogP) is 3.52. The fourth-order valence-corrected chi connectivity index (χ4v) is 4.17. The van der Waals surface area contributed by atoms with E-state index in [4.69, 9.17) is 9.47 Å². The Labute approximate surface area is 107 Å². The van der Waals surface area contributed by atoms with Crippen LogP contribution in [0.2, 0.25) is 0 Å². The molecule has 2 fully saturated rings. The van der Waals surface area contributed by atoms with Gasteiger partial charge in [0.05, 0.1) is 25.4 Å². The minimum Gasteiger partial charge on any atom is -0.376 e. The lowest BCUT2D eigenvalue weighted by Gasteiger charge is -2.51. The molecule has 2 unspecified atom stereocenters. The minimum absolute atomic E-state index is 0.314. The van der Waals surface area contributed by atoms with Crippen molar-refractivity contribution in [3.8, 4) is 0 Å². The lowest BCUT2D eigenvalue weighted by molar-refractivity contribution is -0.115. The van der Waals surface area contributed by atoms with E-state index in [9.17, 15) is 0 Å². The van der Waals surface area contributed by atoms with Crippen molar-refractivity contribution in [1.82, 2.24) is 0 Å². The van der Waals surface area contributed by atoms with Gasteiger partial charge in [0.15, 0.2) is 0 Å². The van der Waals surface area contributed by atoms with Crippen molar-refractivity contribution in [3.05, 3.63) is 0 Å². The van der Waals surface area contributed by atoms with Crippen molar-refractivity contribution in [2.24, 2.45) is 5.41 Å². The zero-order valence-corrected chi connectivity index (χ0v) is 12.0. The zero-order chi connectivity index (χ0) is 11.6. The third kappa shape index (κ3) is 2.46. The smallest absolute Gasteiger partial charge is 0.0704 e. The summed E-state index contributed by atoms with van der Waals surface area (Å²) in [4.78, 5) is 0.693. The topological polar surface area (TPSA) is 18.5 Å². The molecule has 0 bridgehead atoms. The van der Waals surface area contributed by atoms with E-state index in [0.717, 1.165) is 13.2 Å². The molecule has 0 aromatic rings. The van der Waals surface area contributed by atoms with Gasteiger partial charge in [-0.2, -0.15) is 0 Å². The largest absolute Gasteiger partial charge is 0.376 e. The van der Waals surface area contributed by atoms with Crippen LogP contribution in [0.5, 0.6) is 0 Å². The Balaban J connectivity index is 1.70. The third-order valence-electron chi connectivity index (χ3n) is 4.07. The highest BCUT2D eigenvalue weighted by Gasteiger charge is 2.55. The van der Waals surface area contributed by atoms with Crippen LogP contribution in [0.4, 0.5) is 0 Å². The highest BCUT2D eigenvalue weighted by atomic mass is 79.9. The average Bonchev–Trinajstić information content (AvgIpc) is 2.73. The first-order valence-electron chi connectivity index (χ1n) is 6.52. The Morgan fingerprint density at radius 1 is 1.25 bits per heavy atom. The monoisotopic (exact) mass is 290 g/mol. The second-order valence-electron chi connectivity index (χ2n) is 5.42. The van der Waals surface area contributed by atoms with Gasteiger partial charge < -0.3 is 9.47 Å². The molecule has 3 heteroatoms. The van der Waals surface area contributed by atoms with Gasteiger partial charge in [0.25, 0.3) is 0 Å². The summed E-state index contributed by atoms with van der Waals surface area (Å²) in [6.07, 6.45) is 7.43. The quantitative estimate of drug-likeness (QED) is 0.570. The van der Waals surface area contributed by atoms with Crippen LogP contribution >= 0.6 is 15.9 Å². The molecule has 0 amide bonds. The van der Waals surface area contributed by atoms with E-state index in [1.54, 1.807) is 0 Å². The fraction of sp³-hybridized carbons (Fsp3) is 1.00. The molecule has 0 saturated heterocycles. The van der Waals surface area contributed by atoms with Gasteiger partial charge in [0, 0.05) is 10.2 Å². The molecule has 0 aromatic heterocycles. The third-order valence-corrected chi connectivity index (χ3v) is 5.36. The maximum atomic E-state index is 5.98. The molecular weight excluding hydrogens is 268 g/mol. The standard InChI is InChI=1S/C13H23BrO2/c1-10(2)15-7-8-16-12-9-11(14)13(12)5-3-4-6-13/h10-12H,3-9H2,1-2H3. The molecular formula is C13H23BrO2. The summed E-state index contributed by atoms with van der Waals surface area (Å²) in [6.45, 7) is 5.62. The van der Waals surface area contributed by atoms with Gasteiger partial charge >= 0.3 is 0 Å². The number of alkyl halides is 1. The zero-order valence-electron chi connectivity index (χ0n) is 10.4. The second kappa shape index (κ2) is 5.36. The van der Waals surface area contributed by atoms with Crippen molar-refractivity contribution < 1.29 is 9.47 Å². The molecule has 0 heterocycles. The summed E-state index contributed by atoms with van der Waals surface area (Å²) in [5.41, 5.74) is 0.470. The summed E-state index contributed by atoms with van der Waals surface area (Å²) in [5, 5.41) is 0. The maximum absolute atomic E-state index is 5.98. The van der Waals surface area contributed by atoms with Gasteiger partial charge in [-0.05, 0) is 33.1 Å². The van der Waals surface area contributed by atoms with E-state index >= 15 is 0 Å². The molecule has 94 valence electrons. The number of halogens is 1. The van der Waals surface area contributed by atoms with Crippen LogP contribution in [-0.4, -0.2) is 30.2 Å². The molecule has 1 spiro atoms. The van der Waals surface area contributed by atoms with Crippen LogP contribution in [0.15, 0.2) is 0 Å². The summed E-state index contributed by atoms with van der Waals surface area (Å²) < 4.78 is 11.5. The lowest BCUT2D eigenvalue weighted by Crippen LogP contribution is -2.54.